The monoisotopic (exact) mass is 548 g/mol. The molecule has 2 heterocycles. The normalized spacial score (nSPS) is 24.6. The smallest absolute Gasteiger partial charge is 0.268 e. The zero-order chi connectivity index (χ0) is 29.1. The lowest BCUT2D eigenvalue weighted by Crippen LogP contribution is -2.59. The molecule has 9 heteroatoms. The Hall–Kier alpha value is -3.62. The molecule has 9 nitrogen and oxygen atoms in total. The van der Waals surface area contributed by atoms with Gasteiger partial charge in [-0.3, -0.25) is 19.2 Å². The predicted molar refractivity (Wildman–Crippen MR) is 152 cm³/mol. The number of aromatic amines is 1. The van der Waals surface area contributed by atoms with Crippen LogP contribution < -0.4 is 15.4 Å². The molecule has 1 saturated heterocycles. The Morgan fingerprint density at radius 2 is 1.88 bits per heavy atom. The van der Waals surface area contributed by atoms with Gasteiger partial charge in [-0.15, -0.1) is 0 Å². The molecular formula is C31H40N4O5. The fourth-order valence-electron chi connectivity index (χ4n) is 6.51. The lowest BCUT2D eigenvalue weighted by Gasteiger charge is -2.35. The molecule has 2 aliphatic carbocycles. The minimum atomic E-state index is -0.756. The highest BCUT2D eigenvalue weighted by Gasteiger charge is 2.70. The van der Waals surface area contributed by atoms with Crippen LogP contribution in [0, 0.1) is 28.6 Å². The summed E-state index contributed by atoms with van der Waals surface area (Å²) in [6, 6.07) is 5.07. The van der Waals surface area contributed by atoms with E-state index < -0.39 is 23.5 Å². The van der Waals surface area contributed by atoms with Gasteiger partial charge in [0.15, 0.2) is 5.78 Å². The number of carbonyl (C=O) groups is 4. The number of nitrogens with one attached hydrogen (secondary N) is 3. The summed E-state index contributed by atoms with van der Waals surface area (Å²) in [5.41, 5.74) is 0.494. The van der Waals surface area contributed by atoms with Crippen LogP contribution in [-0.2, 0) is 14.4 Å². The summed E-state index contributed by atoms with van der Waals surface area (Å²) in [7, 11) is 1.58. The number of ketones is 1. The van der Waals surface area contributed by atoms with Gasteiger partial charge >= 0.3 is 0 Å². The molecule has 1 aromatic carbocycles. The van der Waals surface area contributed by atoms with E-state index in [2.05, 4.69) is 36.0 Å². The summed E-state index contributed by atoms with van der Waals surface area (Å²) in [5.74, 6) is -0.354. The highest BCUT2D eigenvalue weighted by atomic mass is 16.5. The first-order valence-electron chi connectivity index (χ1n) is 14.0. The highest BCUT2D eigenvalue weighted by molar-refractivity contribution is 6.03. The van der Waals surface area contributed by atoms with Crippen LogP contribution in [0.1, 0.15) is 57.9 Å². The standard InChI is InChI=1S/C31H40N4O5/c1-8-21(36)26(30(2,3)4)34-28(38)25-23-18(31(23,5)6)15-35(25)29(39)24(16-12-13-16)33-27(37)20-14-17-19(32-20)10-9-11-22(17)40-7/h8-11,14,16,18,23-26,32H,1,12-13,15H2,2-7H3,(H,33,37)(H,34,38)/t18-,23-,24?,25-,26+/m0/s1. The van der Waals surface area contributed by atoms with E-state index in [4.69, 9.17) is 4.74 Å². The van der Waals surface area contributed by atoms with Crippen LogP contribution in [-0.4, -0.2) is 65.2 Å². The van der Waals surface area contributed by atoms with Crippen LogP contribution in [0.4, 0.5) is 0 Å². The van der Waals surface area contributed by atoms with Gasteiger partial charge in [0.1, 0.15) is 23.5 Å². The largest absolute Gasteiger partial charge is 0.496 e. The lowest BCUT2D eigenvalue weighted by molar-refractivity contribution is -0.143. The van der Waals surface area contributed by atoms with Crippen molar-refractivity contribution in [2.24, 2.45) is 28.6 Å². The Kier molecular flexibility index (Phi) is 6.83. The van der Waals surface area contributed by atoms with Crippen molar-refractivity contribution >= 4 is 34.4 Å². The molecule has 1 aromatic heterocycles. The van der Waals surface area contributed by atoms with Gasteiger partial charge in [0.2, 0.25) is 11.8 Å². The number of hydrogen-bond acceptors (Lipinski definition) is 5. The van der Waals surface area contributed by atoms with Crippen molar-refractivity contribution in [1.82, 2.24) is 20.5 Å². The molecule has 0 bridgehead atoms. The van der Waals surface area contributed by atoms with E-state index in [1.807, 2.05) is 39.0 Å². The van der Waals surface area contributed by atoms with E-state index in [1.165, 1.54) is 6.08 Å². The summed E-state index contributed by atoms with van der Waals surface area (Å²) in [6.45, 7) is 13.9. The molecule has 3 fully saturated rings. The molecule has 2 aromatic rings. The Morgan fingerprint density at radius 1 is 1.18 bits per heavy atom. The number of H-pyrrole nitrogens is 1. The van der Waals surface area contributed by atoms with Crippen molar-refractivity contribution in [1.29, 1.82) is 0 Å². The molecule has 2 saturated carbocycles. The lowest BCUT2D eigenvalue weighted by atomic mass is 9.83. The van der Waals surface area contributed by atoms with Crippen LogP contribution in [0.25, 0.3) is 10.9 Å². The molecule has 0 spiro atoms. The number of likely N-dealkylation sites (tertiary alicyclic amines) is 1. The average Bonchev–Trinajstić information content (AvgIpc) is 3.68. The van der Waals surface area contributed by atoms with E-state index in [1.54, 1.807) is 18.1 Å². The molecule has 40 heavy (non-hydrogen) atoms. The summed E-state index contributed by atoms with van der Waals surface area (Å²) in [4.78, 5) is 58.6. The molecule has 214 valence electrons. The molecular weight excluding hydrogens is 508 g/mol. The Balaban J connectivity index is 1.38. The summed E-state index contributed by atoms with van der Waals surface area (Å²) in [6.07, 6.45) is 2.90. The Bertz CT molecular complexity index is 1380. The maximum atomic E-state index is 14.0. The third-order valence-corrected chi connectivity index (χ3v) is 9.13. The van der Waals surface area contributed by atoms with Crippen molar-refractivity contribution in [3.63, 3.8) is 0 Å². The average molecular weight is 549 g/mol. The van der Waals surface area contributed by atoms with E-state index in [0.717, 1.165) is 23.7 Å². The summed E-state index contributed by atoms with van der Waals surface area (Å²) < 4.78 is 5.41. The highest BCUT2D eigenvalue weighted by Crippen LogP contribution is 2.65. The molecule has 1 aliphatic heterocycles. The van der Waals surface area contributed by atoms with Gasteiger partial charge in [0.05, 0.1) is 13.2 Å². The van der Waals surface area contributed by atoms with Crippen LogP contribution in [0.2, 0.25) is 0 Å². The SMILES string of the molecule is C=CC(=O)[C@@H](NC(=O)[C@@H]1[C@@H]2[C@H](CN1C(=O)C(NC(=O)c1cc3c(OC)cccc3[nH]1)C1CC1)C2(C)C)C(C)(C)C. The number of carbonyl (C=O) groups excluding carboxylic acids is 4. The number of ether oxygens (including phenoxy) is 1. The molecule has 5 atom stereocenters. The number of fused-ring (bicyclic) bond motifs is 2. The first kappa shape index (κ1) is 27.9. The molecule has 5 rings (SSSR count). The second-order valence-corrected chi connectivity index (χ2v) is 13.2. The Morgan fingerprint density at radius 3 is 2.48 bits per heavy atom. The number of methoxy groups -OCH3 is 1. The molecule has 3 amide bonds. The van der Waals surface area contributed by atoms with E-state index in [-0.39, 0.29) is 46.7 Å². The topological polar surface area (TPSA) is 121 Å². The van der Waals surface area contributed by atoms with Crippen molar-refractivity contribution < 1.29 is 23.9 Å². The number of rotatable bonds is 9. The third-order valence-electron chi connectivity index (χ3n) is 9.13. The van der Waals surface area contributed by atoms with Gasteiger partial charge in [-0.2, -0.15) is 0 Å². The van der Waals surface area contributed by atoms with Crippen molar-refractivity contribution in [3.05, 3.63) is 42.6 Å². The second kappa shape index (κ2) is 9.78. The minimum Gasteiger partial charge on any atom is -0.496 e. The minimum absolute atomic E-state index is 0.00683. The second-order valence-electron chi connectivity index (χ2n) is 13.2. The third kappa shape index (κ3) is 4.80. The summed E-state index contributed by atoms with van der Waals surface area (Å²) >= 11 is 0. The number of nitrogens with zero attached hydrogens (tertiary/aromatic N) is 1. The maximum Gasteiger partial charge on any atom is 0.268 e. The number of amides is 3. The van der Waals surface area contributed by atoms with Gasteiger partial charge in [-0.05, 0) is 65.7 Å². The first-order valence-corrected chi connectivity index (χ1v) is 14.0. The zero-order valence-electron chi connectivity index (χ0n) is 24.2. The van der Waals surface area contributed by atoms with Crippen LogP contribution in [0.5, 0.6) is 5.75 Å². The number of hydrogen-bond donors (Lipinski definition) is 3. The van der Waals surface area contributed by atoms with Crippen molar-refractivity contribution in [2.45, 2.75) is 65.6 Å². The van der Waals surface area contributed by atoms with Gasteiger partial charge in [-0.25, -0.2) is 0 Å². The van der Waals surface area contributed by atoms with Gasteiger partial charge in [0, 0.05) is 17.4 Å². The van der Waals surface area contributed by atoms with E-state index >= 15 is 0 Å². The zero-order valence-corrected chi connectivity index (χ0v) is 24.2. The van der Waals surface area contributed by atoms with Crippen molar-refractivity contribution in [3.8, 4) is 5.75 Å². The van der Waals surface area contributed by atoms with Crippen LogP contribution in [0.15, 0.2) is 36.9 Å². The fraction of sp³-hybridized carbons (Fsp3) is 0.548. The van der Waals surface area contributed by atoms with Gasteiger partial charge in [-0.1, -0.05) is 47.3 Å². The van der Waals surface area contributed by atoms with Gasteiger partial charge < -0.3 is 25.3 Å². The molecule has 1 unspecified atom stereocenters. The quantitative estimate of drug-likeness (QED) is 0.415. The number of aromatic nitrogens is 1. The van der Waals surface area contributed by atoms with Crippen LogP contribution >= 0.6 is 0 Å². The first-order chi connectivity index (χ1) is 18.8. The maximum absolute atomic E-state index is 14.0. The van der Waals surface area contributed by atoms with E-state index in [0.29, 0.717) is 18.0 Å². The summed E-state index contributed by atoms with van der Waals surface area (Å²) in [5, 5.41) is 6.70. The molecule has 0 radical (unpaired) electrons. The predicted octanol–water partition coefficient (Wildman–Crippen LogP) is 3.45. The fourth-order valence-corrected chi connectivity index (χ4v) is 6.51. The van der Waals surface area contributed by atoms with Gasteiger partial charge in [0.25, 0.3) is 5.91 Å². The number of benzene rings is 1. The molecule has 3 aliphatic rings. The van der Waals surface area contributed by atoms with Crippen LogP contribution in [0.3, 0.4) is 0 Å². The number of piperidine rings is 1. The van der Waals surface area contributed by atoms with Crippen molar-refractivity contribution in [2.75, 3.05) is 13.7 Å². The van der Waals surface area contributed by atoms with E-state index in [9.17, 15) is 19.2 Å². The Labute approximate surface area is 235 Å². The molecule has 3 N–H and O–H groups in total.